The van der Waals surface area contributed by atoms with Gasteiger partial charge in [0.25, 0.3) is 0 Å². The number of anilines is 1. The second-order valence-corrected chi connectivity index (χ2v) is 8.32. The molecule has 0 saturated carbocycles. The molecule has 6 nitrogen and oxygen atoms in total. The molecule has 0 aliphatic carbocycles. The second-order valence-electron chi connectivity index (χ2n) is 7.01. The van der Waals surface area contributed by atoms with Crippen molar-refractivity contribution in [2.75, 3.05) is 4.90 Å². The molecule has 1 aromatic carbocycles. The van der Waals surface area contributed by atoms with Crippen LogP contribution in [0, 0.1) is 0 Å². The monoisotopic (exact) mass is 396 g/mol. The third-order valence-electron chi connectivity index (χ3n) is 5.17. The summed E-state index contributed by atoms with van der Waals surface area (Å²) < 4.78 is 7.46. The minimum absolute atomic E-state index is 0.106. The van der Waals surface area contributed by atoms with E-state index in [1.165, 1.54) is 17.3 Å². The Kier molecular flexibility index (Phi) is 5.26. The van der Waals surface area contributed by atoms with Crippen molar-refractivity contribution in [3.8, 4) is 11.6 Å². The highest BCUT2D eigenvalue weighted by molar-refractivity contribution is 8.00. The van der Waals surface area contributed by atoms with Gasteiger partial charge in [-0.3, -0.25) is 9.36 Å². The van der Waals surface area contributed by atoms with Gasteiger partial charge in [0.1, 0.15) is 0 Å². The van der Waals surface area contributed by atoms with Crippen LogP contribution in [0.25, 0.3) is 11.6 Å². The Labute approximate surface area is 168 Å². The van der Waals surface area contributed by atoms with Gasteiger partial charge in [-0.1, -0.05) is 30.0 Å². The van der Waals surface area contributed by atoms with Crippen molar-refractivity contribution in [2.45, 2.75) is 56.6 Å². The number of amides is 1. The van der Waals surface area contributed by atoms with Gasteiger partial charge in [0.15, 0.2) is 16.7 Å². The van der Waals surface area contributed by atoms with E-state index < -0.39 is 0 Å². The number of carbonyl (C=O) groups excluding carboxylic acids is 1. The van der Waals surface area contributed by atoms with Crippen LogP contribution in [0.1, 0.15) is 32.8 Å². The number of benzene rings is 1. The van der Waals surface area contributed by atoms with Crippen LogP contribution in [0.15, 0.2) is 52.2 Å². The van der Waals surface area contributed by atoms with E-state index in [2.05, 4.69) is 23.2 Å². The maximum Gasteiger partial charge on any atom is 0.240 e. The van der Waals surface area contributed by atoms with Gasteiger partial charge in [-0.25, -0.2) is 0 Å². The fraction of sp³-hybridized carbons (Fsp3) is 0.381. The van der Waals surface area contributed by atoms with E-state index in [4.69, 9.17) is 4.42 Å². The van der Waals surface area contributed by atoms with E-state index in [1.54, 1.807) is 6.26 Å². The van der Waals surface area contributed by atoms with Gasteiger partial charge in [0.2, 0.25) is 5.91 Å². The molecule has 1 amide bonds. The Balaban J connectivity index is 1.58. The topological polar surface area (TPSA) is 64.2 Å². The Morgan fingerprint density at radius 2 is 2.11 bits per heavy atom. The van der Waals surface area contributed by atoms with Gasteiger partial charge >= 0.3 is 0 Å². The summed E-state index contributed by atoms with van der Waals surface area (Å²) in [4.78, 5) is 15.3. The summed E-state index contributed by atoms with van der Waals surface area (Å²) >= 11 is 1.45. The average molecular weight is 397 g/mol. The normalized spacial score (nSPS) is 17.4. The average Bonchev–Trinajstić information content (AvgIpc) is 3.36. The zero-order valence-corrected chi connectivity index (χ0v) is 17.1. The molecule has 1 aliphatic heterocycles. The zero-order chi connectivity index (χ0) is 19.7. The molecule has 3 aromatic rings. The maximum absolute atomic E-state index is 13.3. The van der Waals surface area contributed by atoms with E-state index in [1.807, 2.05) is 53.6 Å². The lowest BCUT2D eigenvalue weighted by molar-refractivity contribution is -0.118. The summed E-state index contributed by atoms with van der Waals surface area (Å²) in [6.45, 7) is 6.80. The fourth-order valence-electron chi connectivity index (χ4n) is 3.68. The van der Waals surface area contributed by atoms with Gasteiger partial charge in [-0.15, -0.1) is 10.2 Å². The number of aryl methyl sites for hydroxylation is 1. The molecule has 2 unspecified atom stereocenters. The largest absolute Gasteiger partial charge is 0.461 e. The molecule has 0 spiro atoms. The van der Waals surface area contributed by atoms with Gasteiger partial charge < -0.3 is 9.32 Å². The third-order valence-corrected chi connectivity index (χ3v) is 6.23. The van der Waals surface area contributed by atoms with Crippen molar-refractivity contribution in [3.05, 3.63) is 48.2 Å². The number of hydrogen-bond donors (Lipinski definition) is 0. The molecule has 146 valence electrons. The number of rotatable bonds is 5. The minimum atomic E-state index is -0.271. The van der Waals surface area contributed by atoms with Crippen molar-refractivity contribution in [1.29, 1.82) is 0 Å². The molecule has 4 rings (SSSR count). The van der Waals surface area contributed by atoms with Crippen molar-refractivity contribution >= 4 is 23.4 Å². The molecule has 1 aliphatic rings. The molecule has 0 saturated heterocycles. The number of hydrogen-bond acceptors (Lipinski definition) is 5. The van der Waals surface area contributed by atoms with E-state index >= 15 is 0 Å². The summed E-state index contributed by atoms with van der Waals surface area (Å²) in [6, 6.07) is 12.1. The molecular weight excluding hydrogens is 372 g/mol. The fourth-order valence-corrected chi connectivity index (χ4v) is 4.64. The summed E-state index contributed by atoms with van der Waals surface area (Å²) in [5, 5.41) is 9.06. The molecule has 0 fully saturated rings. The van der Waals surface area contributed by atoms with Crippen LogP contribution in [-0.4, -0.2) is 32.0 Å². The molecule has 0 radical (unpaired) electrons. The maximum atomic E-state index is 13.3. The van der Waals surface area contributed by atoms with Crippen molar-refractivity contribution in [2.24, 2.45) is 0 Å². The highest BCUT2D eigenvalue weighted by Crippen LogP contribution is 2.34. The second kappa shape index (κ2) is 7.83. The van der Waals surface area contributed by atoms with E-state index in [0.29, 0.717) is 18.1 Å². The van der Waals surface area contributed by atoms with Crippen LogP contribution < -0.4 is 4.90 Å². The number of fused-ring (bicyclic) bond motifs is 1. The van der Waals surface area contributed by atoms with E-state index in [9.17, 15) is 4.79 Å². The van der Waals surface area contributed by atoms with Crippen molar-refractivity contribution < 1.29 is 9.21 Å². The number of carbonyl (C=O) groups is 1. The van der Waals surface area contributed by atoms with Gasteiger partial charge in [-0.05, 0) is 57.4 Å². The van der Waals surface area contributed by atoms with Crippen molar-refractivity contribution in [1.82, 2.24) is 14.8 Å². The summed E-state index contributed by atoms with van der Waals surface area (Å²) in [6.07, 6.45) is 3.62. The molecule has 2 aromatic heterocycles. The number of para-hydroxylation sites is 1. The van der Waals surface area contributed by atoms with Crippen LogP contribution >= 0.6 is 11.8 Å². The Bertz CT molecular complexity index is 967. The highest BCUT2D eigenvalue weighted by atomic mass is 32.2. The third kappa shape index (κ3) is 3.35. The van der Waals surface area contributed by atoms with E-state index in [0.717, 1.165) is 23.7 Å². The first-order valence-corrected chi connectivity index (χ1v) is 10.5. The summed E-state index contributed by atoms with van der Waals surface area (Å²) in [5.74, 6) is 1.47. The van der Waals surface area contributed by atoms with Gasteiger partial charge in [0.05, 0.1) is 11.5 Å². The standard InChI is InChI=1S/C21H24N4O2S/c1-4-24-19(18-10-7-13-27-18)22-23-21(24)28-15(3)20(26)25-14(2)11-12-16-8-5-6-9-17(16)25/h5-10,13-15H,4,11-12H2,1-3H3. The van der Waals surface area contributed by atoms with Crippen molar-refractivity contribution in [3.63, 3.8) is 0 Å². The molecule has 28 heavy (non-hydrogen) atoms. The number of furan rings is 1. The summed E-state index contributed by atoms with van der Waals surface area (Å²) in [7, 11) is 0. The number of aromatic nitrogens is 3. The Morgan fingerprint density at radius 3 is 2.86 bits per heavy atom. The lowest BCUT2D eigenvalue weighted by atomic mass is 9.96. The van der Waals surface area contributed by atoms with Crippen LogP contribution in [0.4, 0.5) is 5.69 Å². The number of thioether (sulfide) groups is 1. The first-order valence-electron chi connectivity index (χ1n) is 9.64. The lowest BCUT2D eigenvalue weighted by Gasteiger charge is -2.36. The predicted octanol–water partition coefficient (Wildman–Crippen LogP) is 4.41. The van der Waals surface area contributed by atoms with Crippen LogP contribution in [-0.2, 0) is 17.8 Å². The lowest BCUT2D eigenvalue weighted by Crippen LogP contribution is -2.45. The predicted molar refractivity (Wildman–Crippen MR) is 110 cm³/mol. The van der Waals surface area contributed by atoms with Crippen LogP contribution in [0.5, 0.6) is 0 Å². The summed E-state index contributed by atoms with van der Waals surface area (Å²) in [5.41, 5.74) is 2.27. The molecular formula is C21H24N4O2S. The Morgan fingerprint density at radius 1 is 1.29 bits per heavy atom. The quantitative estimate of drug-likeness (QED) is 0.598. The smallest absolute Gasteiger partial charge is 0.240 e. The molecule has 3 heterocycles. The zero-order valence-electron chi connectivity index (χ0n) is 16.3. The molecule has 7 heteroatoms. The van der Waals surface area contributed by atoms with E-state index in [-0.39, 0.29) is 17.2 Å². The molecule has 2 atom stereocenters. The highest BCUT2D eigenvalue weighted by Gasteiger charge is 2.32. The Hall–Kier alpha value is -2.54. The van der Waals surface area contributed by atoms with Gasteiger partial charge in [-0.2, -0.15) is 0 Å². The first-order chi connectivity index (χ1) is 13.6. The van der Waals surface area contributed by atoms with Gasteiger partial charge in [0, 0.05) is 18.3 Å². The SMILES string of the molecule is CCn1c(SC(C)C(=O)N2c3ccccc3CCC2C)nnc1-c1ccco1. The van der Waals surface area contributed by atoms with Crippen LogP contribution in [0.3, 0.4) is 0 Å². The number of nitrogens with zero attached hydrogens (tertiary/aromatic N) is 4. The molecule has 0 bridgehead atoms. The minimum Gasteiger partial charge on any atom is -0.461 e. The first kappa shape index (κ1) is 18.8. The molecule has 0 N–H and O–H groups in total. The van der Waals surface area contributed by atoms with Crippen LogP contribution in [0.2, 0.25) is 0 Å².